The SMILES string of the molecule is COc1ccc(C(=O)NNC(=O)CN2CCC(C(=O)Nc3ccc(Cl)cn3)CC2)cc1OC. The average Bonchev–Trinajstić information content (AvgIpc) is 2.83. The topological polar surface area (TPSA) is 122 Å². The highest BCUT2D eigenvalue weighted by molar-refractivity contribution is 6.30. The fourth-order valence-corrected chi connectivity index (χ4v) is 3.56. The van der Waals surface area contributed by atoms with Gasteiger partial charge in [-0.15, -0.1) is 0 Å². The Balaban J connectivity index is 1.40. The molecule has 3 amide bonds. The Hall–Kier alpha value is -3.37. The molecule has 3 N–H and O–H groups in total. The molecule has 0 bridgehead atoms. The minimum Gasteiger partial charge on any atom is -0.493 e. The standard InChI is InChI=1S/C22H26ClN5O5/c1-32-17-5-3-15(11-18(17)33-2)22(31)27-26-20(29)13-28-9-7-14(8-10-28)21(30)25-19-6-4-16(23)12-24-19/h3-6,11-12,14H,7-10,13H2,1-2H3,(H,26,29)(H,27,31)(H,24,25,30). The van der Waals surface area contributed by atoms with Crippen LogP contribution in [0.15, 0.2) is 36.5 Å². The number of methoxy groups -OCH3 is 2. The normalized spacial score (nSPS) is 14.3. The van der Waals surface area contributed by atoms with Crippen LogP contribution in [0.4, 0.5) is 5.82 Å². The molecule has 1 fully saturated rings. The van der Waals surface area contributed by atoms with Crippen LogP contribution >= 0.6 is 11.6 Å². The lowest BCUT2D eigenvalue weighted by Gasteiger charge is -2.30. The first kappa shape index (κ1) is 24.3. The smallest absolute Gasteiger partial charge is 0.269 e. The number of hydrogen-bond acceptors (Lipinski definition) is 7. The summed E-state index contributed by atoms with van der Waals surface area (Å²) < 4.78 is 10.3. The monoisotopic (exact) mass is 475 g/mol. The van der Waals surface area contributed by atoms with E-state index in [2.05, 4.69) is 21.2 Å². The van der Waals surface area contributed by atoms with Gasteiger partial charge in [-0.2, -0.15) is 0 Å². The maximum absolute atomic E-state index is 12.4. The molecule has 1 aromatic carbocycles. The van der Waals surface area contributed by atoms with Crippen LogP contribution in [0.1, 0.15) is 23.2 Å². The highest BCUT2D eigenvalue weighted by Gasteiger charge is 2.26. The van der Waals surface area contributed by atoms with Gasteiger partial charge in [0.1, 0.15) is 5.82 Å². The predicted octanol–water partition coefficient (Wildman–Crippen LogP) is 1.86. The third kappa shape index (κ3) is 6.80. The molecule has 0 atom stereocenters. The van der Waals surface area contributed by atoms with Gasteiger partial charge < -0.3 is 14.8 Å². The molecule has 3 rings (SSSR count). The summed E-state index contributed by atoms with van der Waals surface area (Å²) in [6.07, 6.45) is 2.71. The predicted molar refractivity (Wildman–Crippen MR) is 122 cm³/mol. The Kier molecular flexibility index (Phi) is 8.45. The summed E-state index contributed by atoms with van der Waals surface area (Å²) in [4.78, 5) is 43.0. The summed E-state index contributed by atoms with van der Waals surface area (Å²) in [6, 6.07) is 8.01. The first-order chi connectivity index (χ1) is 15.9. The molecule has 176 valence electrons. The number of carbonyl (C=O) groups is 3. The van der Waals surface area contributed by atoms with Gasteiger partial charge in [-0.3, -0.25) is 30.1 Å². The first-order valence-electron chi connectivity index (χ1n) is 10.4. The Labute approximate surface area is 196 Å². The molecule has 2 heterocycles. The molecule has 33 heavy (non-hydrogen) atoms. The second-order valence-corrected chi connectivity index (χ2v) is 7.91. The van der Waals surface area contributed by atoms with E-state index in [1.165, 1.54) is 26.5 Å². The van der Waals surface area contributed by atoms with Gasteiger partial charge in [-0.25, -0.2) is 4.98 Å². The van der Waals surface area contributed by atoms with Gasteiger partial charge >= 0.3 is 0 Å². The largest absolute Gasteiger partial charge is 0.493 e. The van der Waals surface area contributed by atoms with Crippen LogP contribution in [0.2, 0.25) is 5.02 Å². The van der Waals surface area contributed by atoms with Crippen LogP contribution in [0, 0.1) is 5.92 Å². The average molecular weight is 476 g/mol. The van der Waals surface area contributed by atoms with E-state index in [1.807, 2.05) is 4.90 Å². The van der Waals surface area contributed by atoms with E-state index >= 15 is 0 Å². The van der Waals surface area contributed by atoms with Gasteiger partial charge in [0.05, 0.1) is 25.8 Å². The van der Waals surface area contributed by atoms with E-state index in [4.69, 9.17) is 21.1 Å². The van der Waals surface area contributed by atoms with Crippen molar-refractivity contribution in [2.75, 3.05) is 39.2 Å². The molecule has 10 nitrogen and oxygen atoms in total. The molecule has 0 aliphatic carbocycles. The summed E-state index contributed by atoms with van der Waals surface area (Å²) in [5.41, 5.74) is 5.12. The van der Waals surface area contributed by atoms with Crippen molar-refractivity contribution in [1.82, 2.24) is 20.7 Å². The fourth-order valence-electron chi connectivity index (χ4n) is 3.45. The number of carbonyl (C=O) groups excluding carboxylic acids is 3. The molecule has 1 aromatic heterocycles. The number of ether oxygens (including phenoxy) is 2. The fraction of sp³-hybridized carbons (Fsp3) is 0.364. The third-order valence-electron chi connectivity index (χ3n) is 5.27. The molecule has 2 aromatic rings. The zero-order valence-electron chi connectivity index (χ0n) is 18.4. The Morgan fingerprint density at radius 3 is 2.42 bits per heavy atom. The molecule has 0 spiro atoms. The highest BCUT2D eigenvalue weighted by atomic mass is 35.5. The van der Waals surface area contributed by atoms with Gasteiger partial charge in [0, 0.05) is 17.7 Å². The maximum Gasteiger partial charge on any atom is 0.269 e. The summed E-state index contributed by atoms with van der Waals surface area (Å²) in [7, 11) is 2.98. The Bertz CT molecular complexity index is 993. The molecular formula is C22H26ClN5O5. The number of likely N-dealkylation sites (tertiary alicyclic amines) is 1. The summed E-state index contributed by atoms with van der Waals surface area (Å²) in [6.45, 7) is 1.28. The van der Waals surface area contributed by atoms with Gasteiger partial charge in [0.15, 0.2) is 11.5 Å². The number of amides is 3. The van der Waals surface area contributed by atoms with Crippen LogP contribution in [-0.2, 0) is 9.59 Å². The third-order valence-corrected chi connectivity index (χ3v) is 5.49. The molecule has 0 saturated carbocycles. The lowest BCUT2D eigenvalue weighted by atomic mass is 9.96. The van der Waals surface area contributed by atoms with Crippen molar-refractivity contribution in [3.8, 4) is 11.5 Å². The van der Waals surface area contributed by atoms with Crippen LogP contribution in [-0.4, -0.2) is 61.5 Å². The summed E-state index contributed by atoms with van der Waals surface area (Å²) >= 11 is 5.80. The van der Waals surface area contributed by atoms with Crippen LogP contribution < -0.4 is 25.6 Å². The first-order valence-corrected chi connectivity index (χ1v) is 10.7. The molecule has 1 aliphatic rings. The highest BCUT2D eigenvalue weighted by Crippen LogP contribution is 2.27. The van der Waals surface area contributed by atoms with Gasteiger partial charge in [-0.05, 0) is 56.3 Å². The zero-order valence-corrected chi connectivity index (χ0v) is 19.1. The van der Waals surface area contributed by atoms with Crippen molar-refractivity contribution >= 4 is 35.1 Å². The molecular weight excluding hydrogens is 450 g/mol. The number of nitrogens with zero attached hydrogens (tertiary/aromatic N) is 2. The number of rotatable bonds is 7. The second-order valence-electron chi connectivity index (χ2n) is 7.47. The number of aromatic nitrogens is 1. The van der Waals surface area contributed by atoms with E-state index in [9.17, 15) is 14.4 Å². The van der Waals surface area contributed by atoms with Gasteiger partial charge in [0.2, 0.25) is 5.91 Å². The minimum absolute atomic E-state index is 0.101. The lowest BCUT2D eigenvalue weighted by molar-refractivity contribution is -0.124. The van der Waals surface area contributed by atoms with Crippen LogP contribution in [0.5, 0.6) is 11.5 Å². The van der Waals surface area contributed by atoms with Gasteiger partial charge in [0.25, 0.3) is 11.8 Å². The molecule has 0 radical (unpaired) electrons. The van der Waals surface area contributed by atoms with Crippen molar-refractivity contribution in [2.45, 2.75) is 12.8 Å². The lowest BCUT2D eigenvalue weighted by Crippen LogP contribution is -2.48. The minimum atomic E-state index is -0.476. The number of benzene rings is 1. The molecule has 11 heteroatoms. The molecule has 1 saturated heterocycles. The van der Waals surface area contributed by atoms with E-state index in [1.54, 1.807) is 24.3 Å². The van der Waals surface area contributed by atoms with Crippen molar-refractivity contribution < 1.29 is 23.9 Å². The van der Waals surface area contributed by atoms with Crippen molar-refractivity contribution in [3.63, 3.8) is 0 Å². The number of nitrogens with one attached hydrogen (secondary N) is 3. The zero-order chi connectivity index (χ0) is 23.8. The van der Waals surface area contributed by atoms with E-state index in [-0.39, 0.29) is 24.3 Å². The van der Waals surface area contributed by atoms with Crippen LogP contribution in [0.25, 0.3) is 0 Å². The number of halogens is 1. The van der Waals surface area contributed by atoms with Crippen molar-refractivity contribution in [2.24, 2.45) is 5.92 Å². The van der Waals surface area contributed by atoms with Crippen molar-refractivity contribution in [3.05, 3.63) is 47.1 Å². The maximum atomic E-state index is 12.4. The number of anilines is 1. The summed E-state index contributed by atoms with van der Waals surface area (Å²) in [5, 5.41) is 3.29. The molecule has 0 unspecified atom stereocenters. The number of hydrazine groups is 1. The van der Waals surface area contributed by atoms with Gasteiger partial charge in [-0.1, -0.05) is 11.6 Å². The number of piperidine rings is 1. The van der Waals surface area contributed by atoms with E-state index < -0.39 is 5.91 Å². The van der Waals surface area contributed by atoms with E-state index in [0.717, 1.165) is 0 Å². The number of pyridine rings is 1. The second kappa shape index (κ2) is 11.5. The quantitative estimate of drug-likeness (QED) is 0.522. The number of hydrogen-bond donors (Lipinski definition) is 3. The Morgan fingerprint density at radius 1 is 1.06 bits per heavy atom. The van der Waals surface area contributed by atoms with Crippen molar-refractivity contribution in [1.29, 1.82) is 0 Å². The van der Waals surface area contributed by atoms with E-state index in [0.29, 0.717) is 53.8 Å². The summed E-state index contributed by atoms with van der Waals surface area (Å²) in [5.74, 6) is 0.279. The molecule has 1 aliphatic heterocycles. The van der Waals surface area contributed by atoms with Crippen LogP contribution in [0.3, 0.4) is 0 Å². The Morgan fingerprint density at radius 2 is 1.79 bits per heavy atom.